The van der Waals surface area contributed by atoms with Crippen LogP contribution in [0.15, 0.2) is 48.6 Å². The van der Waals surface area contributed by atoms with Gasteiger partial charge < -0.3 is 14.2 Å². The van der Waals surface area contributed by atoms with E-state index in [2.05, 4.69) is 62.5 Å². The van der Waals surface area contributed by atoms with Gasteiger partial charge in [-0.15, -0.1) is 0 Å². The van der Waals surface area contributed by atoms with Gasteiger partial charge in [-0.3, -0.25) is 19.3 Å². The van der Waals surface area contributed by atoms with Gasteiger partial charge in [0.25, 0.3) is 0 Å². The minimum Gasteiger partial charge on any atom is -0.465 e. The third-order valence-electron chi connectivity index (χ3n) is 8.55. The Balaban J connectivity index is 4.14. The zero-order chi connectivity index (χ0) is 37.5. The van der Waals surface area contributed by atoms with Crippen LogP contribution < -0.4 is 0 Å². The van der Waals surface area contributed by atoms with Crippen LogP contribution in [-0.2, 0) is 28.6 Å². The molecule has 0 saturated heterocycles. The zero-order valence-electron chi connectivity index (χ0n) is 33.4. The summed E-state index contributed by atoms with van der Waals surface area (Å²) in [7, 11) is 3.59. The van der Waals surface area contributed by atoms with Crippen molar-refractivity contribution in [3.05, 3.63) is 48.6 Å². The molecule has 7 heteroatoms. The third kappa shape index (κ3) is 38.4. The maximum absolute atomic E-state index is 12.4. The van der Waals surface area contributed by atoms with Crippen LogP contribution in [-0.4, -0.2) is 63.3 Å². The minimum atomic E-state index is -0.391. The van der Waals surface area contributed by atoms with Crippen LogP contribution in [0.25, 0.3) is 0 Å². The lowest BCUT2D eigenvalue weighted by atomic mass is 10.1. The van der Waals surface area contributed by atoms with E-state index in [1.807, 2.05) is 0 Å². The second-order valence-corrected chi connectivity index (χ2v) is 14.1. The van der Waals surface area contributed by atoms with Crippen LogP contribution >= 0.6 is 0 Å². The van der Waals surface area contributed by atoms with E-state index in [0.717, 1.165) is 77.0 Å². The molecule has 0 fully saturated rings. The zero-order valence-corrected chi connectivity index (χ0v) is 33.4. The Hall–Kier alpha value is -2.67. The van der Waals surface area contributed by atoms with Crippen molar-refractivity contribution in [3.8, 4) is 0 Å². The largest absolute Gasteiger partial charge is 0.465 e. The molecule has 0 rings (SSSR count). The standard InChI is InChI=1S/C44H77NO6/c1-5-7-9-11-13-15-17-19-21-23-25-27-29-31-33-35-42(46)49-38-41(40-51-44(48)37-45(3)4)39-50-43(47)36-34-32-30-28-26-24-22-20-18-16-14-12-10-8-6-2/h13-16,19-22,41H,5-12,17-18,23-40H2,1-4H3. The first-order chi connectivity index (χ1) is 24.9. The number of allylic oxidation sites excluding steroid dienone is 8. The van der Waals surface area contributed by atoms with Crippen molar-refractivity contribution in [2.24, 2.45) is 5.92 Å². The molecule has 51 heavy (non-hydrogen) atoms. The van der Waals surface area contributed by atoms with Crippen LogP contribution in [0, 0.1) is 5.92 Å². The number of nitrogens with zero attached hydrogens (tertiary/aromatic N) is 1. The summed E-state index contributed by atoms with van der Waals surface area (Å²) in [5.41, 5.74) is 0. The molecule has 0 aliphatic heterocycles. The van der Waals surface area contributed by atoms with Crippen LogP contribution in [0.1, 0.15) is 168 Å². The Kier molecular flexibility index (Phi) is 36.5. The third-order valence-corrected chi connectivity index (χ3v) is 8.55. The summed E-state index contributed by atoms with van der Waals surface area (Å²) in [4.78, 5) is 38.6. The van der Waals surface area contributed by atoms with Gasteiger partial charge in [-0.25, -0.2) is 0 Å². The van der Waals surface area contributed by atoms with Crippen molar-refractivity contribution >= 4 is 17.9 Å². The van der Waals surface area contributed by atoms with E-state index >= 15 is 0 Å². The molecule has 0 aliphatic carbocycles. The Labute approximate surface area is 313 Å². The van der Waals surface area contributed by atoms with Gasteiger partial charge in [0, 0.05) is 12.8 Å². The van der Waals surface area contributed by atoms with Gasteiger partial charge in [-0.05, 0) is 91.1 Å². The van der Waals surface area contributed by atoms with Crippen molar-refractivity contribution < 1.29 is 28.6 Å². The van der Waals surface area contributed by atoms with Gasteiger partial charge in [-0.1, -0.05) is 127 Å². The maximum atomic E-state index is 12.4. The second kappa shape index (κ2) is 38.6. The Morgan fingerprint density at radius 1 is 0.451 bits per heavy atom. The van der Waals surface area contributed by atoms with Crippen molar-refractivity contribution in [1.82, 2.24) is 4.90 Å². The van der Waals surface area contributed by atoms with E-state index in [1.54, 1.807) is 19.0 Å². The highest BCUT2D eigenvalue weighted by Crippen LogP contribution is 2.12. The van der Waals surface area contributed by atoms with Crippen LogP contribution in [0.2, 0.25) is 0 Å². The first-order valence-electron chi connectivity index (χ1n) is 20.6. The van der Waals surface area contributed by atoms with Gasteiger partial charge in [-0.2, -0.15) is 0 Å². The summed E-state index contributed by atoms with van der Waals surface area (Å²) in [5.74, 6) is -1.28. The number of likely N-dealkylation sites (N-methyl/N-ethyl adjacent to an activating group) is 1. The van der Waals surface area contributed by atoms with E-state index in [0.29, 0.717) is 12.8 Å². The molecule has 0 aromatic carbocycles. The monoisotopic (exact) mass is 716 g/mol. The summed E-state index contributed by atoms with van der Waals surface area (Å²) in [6.07, 6.45) is 43.7. The van der Waals surface area contributed by atoms with E-state index in [4.69, 9.17) is 14.2 Å². The number of hydrogen-bond donors (Lipinski definition) is 0. The lowest BCUT2D eigenvalue weighted by Gasteiger charge is -2.18. The molecule has 0 amide bonds. The summed E-state index contributed by atoms with van der Waals surface area (Å²) in [6, 6.07) is 0. The normalized spacial score (nSPS) is 12.6. The van der Waals surface area contributed by atoms with Gasteiger partial charge in [0.05, 0.1) is 12.5 Å². The first kappa shape index (κ1) is 48.3. The number of unbranched alkanes of at least 4 members (excludes halogenated alkanes) is 16. The lowest BCUT2D eigenvalue weighted by molar-refractivity contribution is -0.153. The molecule has 0 bridgehead atoms. The van der Waals surface area contributed by atoms with Crippen LogP contribution in [0.3, 0.4) is 0 Å². The lowest BCUT2D eigenvalue weighted by Crippen LogP contribution is -2.29. The number of carbonyl (C=O) groups is 3. The molecule has 0 aromatic rings. The predicted octanol–water partition coefficient (Wildman–Crippen LogP) is 11.4. The van der Waals surface area contributed by atoms with Crippen LogP contribution in [0.5, 0.6) is 0 Å². The molecule has 294 valence electrons. The smallest absolute Gasteiger partial charge is 0.320 e. The van der Waals surface area contributed by atoms with E-state index < -0.39 is 5.92 Å². The number of hydrogen-bond acceptors (Lipinski definition) is 7. The fraction of sp³-hybridized carbons (Fsp3) is 0.750. The number of rotatable bonds is 36. The fourth-order valence-electron chi connectivity index (χ4n) is 5.39. The van der Waals surface area contributed by atoms with Crippen molar-refractivity contribution in [2.45, 2.75) is 168 Å². The summed E-state index contributed by atoms with van der Waals surface area (Å²) in [5, 5.41) is 0. The highest BCUT2D eigenvalue weighted by Gasteiger charge is 2.18. The SMILES string of the molecule is CCCCCC=CCC=CCCCCCCCC(=O)OCC(COC(=O)CCCCCCCC=CCC=CCCCCC)COC(=O)CN(C)C. The second-order valence-electron chi connectivity index (χ2n) is 14.1. The van der Waals surface area contributed by atoms with Gasteiger partial charge in [0.1, 0.15) is 19.8 Å². The molecule has 0 saturated carbocycles. The van der Waals surface area contributed by atoms with Crippen molar-refractivity contribution in [1.29, 1.82) is 0 Å². The van der Waals surface area contributed by atoms with Gasteiger partial charge >= 0.3 is 17.9 Å². The highest BCUT2D eigenvalue weighted by atomic mass is 16.6. The molecule has 0 unspecified atom stereocenters. The fourth-order valence-corrected chi connectivity index (χ4v) is 5.39. The number of carbonyl (C=O) groups excluding carboxylic acids is 3. The van der Waals surface area contributed by atoms with Crippen LogP contribution in [0.4, 0.5) is 0 Å². The molecule has 0 N–H and O–H groups in total. The molecule has 0 radical (unpaired) electrons. The predicted molar refractivity (Wildman–Crippen MR) is 214 cm³/mol. The molecule has 0 spiro atoms. The number of ether oxygens (including phenoxy) is 3. The molecule has 0 heterocycles. The Morgan fingerprint density at radius 3 is 1.16 bits per heavy atom. The molecule has 0 atom stereocenters. The molecule has 0 aromatic heterocycles. The Bertz CT molecular complexity index is 876. The molecular formula is C44H77NO6. The molecule has 7 nitrogen and oxygen atoms in total. The average molecular weight is 716 g/mol. The summed E-state index contributed by atoms with van der Waals surface area (Å²) < 4.78 is 16.4. The van der Waals surface area contributed by atoms with Crippen molar-refractivity contribution in [3.63, 3.8) is 0 Å². The summed E-state index contributed by atoms with van der Waals surface area (Å²) in [6.45, 7) is 4.79. The first-order valence-corrected chi connectivity index (χ1v) is 20.6. The summed E-state index contributed by atoms with van der Waals surface area (Å²) >= 11 is 0. The van der Waals surface area contributed by atoms with Crippen molar-refractivity contribution in [2.75, 3.05) is 40.5 Å². The molecule has 0 aliphatic rings. The number of esters is 3. The van der Waals surface area contributed by atoms with E-state index in [9.17, 15) is 14.4 Å². The Morgan fingerprint density at radius 2 is 0.784 bits per heavy atom. The molecular weight excluding hydrogens is 638 g/mol. The van der Waals surface area contributed by atoms with E-state index in [-0.39, 0.29) is 44.3 Å². The topological polar surface area (TPSA) is 82.1 Å². The van der Waals surface area contributed by atoms with E-state index in [1.165, 1.54) is 64.2 Å². The highest BCUT2D eigenvalue weighted by molar-refractivity contribution is 5.71. The van der Waals surface area contributed by atoms with Gasteiger partial charge in [0.2, 0.25) is 0 Å². The van der Waals surface area contributed by atoms with Gasteiger partial charge in [0.15, 0.2) is 0 Å². The maximum Gasteiger partial charge on any atom is 0.320 e. The average Bonchev–Trinajstić information content (AvgIpc) is 3.10. The quantitative estimate of drug-likeness (QED) is 0.0276. The minimum absolute atomic E-state index is 0.0423.